The largest absolute Gasteiger partial charge is 0.314 e. The maximum Gasteiger partial charge on any atom is 0.223 e. The van der Waals surface area contributed by atoms with Crippen LogP contribution in [0.25, 0.3) is 4.85 Å². The molecule has 0 bridgehead atoms. The lowest BCUT2D eigenvalue weighted by molar-refractivity contribution is 0.153. The highest BCUT2D eigenvalue weighted by atomic mass is 14.7. The molecule has 0 saturated heterocycles. The van der Waals surface area contributed by atoms with Gasteiger partial charge in [0.05, 0.1) is 0 Å². The molecule has 1 atom stereocenters. The maximum absolute atomic E-state index is 7.16. The quantitative estimate of drug-likeness (QED) is 0.534. The van der Waals surface area contributed by atoms with Gasteiger partial charge in [-0.25, -0.2) is 6.57 Å². The summed E-state index contributed by atoms with van der Waals surface area (Å²) >= 11 is 0. The molecule has 0 spiro atoms. The Morgan fingerprint density at radius 3 is 2.00 bits per heavy atom. The van der Waals surface area contributed by atoms with Crippen LogP contribution in [0.1, 0.15) is 84.5 Å². The van der Waals surface area contributed by atoms with Crippen molar-refractivity contribution in [1.29, 1.82) is 0 Å². The Balaban J connectivity index is 1.68. The molecule has 114 valence electrons. The molecule has 20 heavy (non-hydrogen) atoms. The first-order valence-electron chi connectivity index (χ1n) is 9.09. The van der Waals surface area contributed by atoms with Gasteiger partial charge in [0.1, 0.15) is 0 Å². The van der Waals surface area contributed by atoms with Gasteiger partial charge in [-0.2, -0.15) is 0 Å². The average molecular weight is 275 g/mol. The lowest BCUT2D eigenvalue weighted by Crippen LogP contribution is -2.27. The van der Waals surface area contributed by atoms with Crippen LogP contribution in [0.4, 0.5) is 0 Å². The van der Waals surface area contributed by atoms with E-state index in [-0.39, 0.29) is 0 Å². The van der Waals surface area contributed by atoms with Crippen molar-refractivity contribution in [3.8, 4) is 0 Å². The van der Waals surface area contributed by atoms with Crippen LogP contribution in [0.5, 0.6) is 0 Å². The highest BCUT2D eigenvalue weighted by Gasteiger charge is 2.32. The summed E-state index contributed by atoms with van der Waals surface area (Å²) in [6.07, 6.45) is 15.2. The molecule has 2 rings (SSSR count). The molecule has 0 aromatic carbocycles. The van der Waals surface area contributed by atoms with E-state index in [2.05, 4.69) is 18.7 Å². The number of rotatable bonds is 5. The highest BCUT2D eigenvalue weighted by molar-refractivity contribution is 4.88. The molecule has 1 unspecified atom stereocenters. The number of hydrogen-bond donors (Lipinski definition) is 0. The minimum absolute atomic E-state index is 0.359. The fraction of sp³-hybridized carbons (Fsp3) is 0.947. The third kappa shape index (κ3) is 4.51. The van der Waals surface area contributed by atoms with E-state index in [1.54, 1.807) is 0 Å². The average Bonchev–Trinajstić information content (AvgIpc) is 2.48. The predicted molar refractivity (Wildman–Crippen MR) is 86.5 cm³/mol. The van der Waals surface area contributed by atoms with E-state index in [1.807, 2.05) is 0 Å². The van der Waals surface area contributed by atoms with Crippen molar-refractivity contribution in [3.63, 3.8) is 0 Å². The van der Waals surface area contributed by atoms with Gasteiger partial charge in [0.2, 0.25) is 6.04 Å². The molecule has 2 aliphatic carbocycles. The summed E-state index contributed by atoms with van der Waals surface area (Å²) in [4.78, 5) is 3.74. The first kappa shape index (κ1) is 15.9. The van der Waals surface area contributed by atoms with Crippen LogP contribution in [0.15, 0.2) is 0 Å². The molecule has 0 aliphatic heterocycles. The van der Waals surface area contributed by atoms with Crippen molar-refractivity contribution in [2.75, 3.05) is 0 Å². The van der Waals surface area contributed by atoms with Gasteiger partial charge in [-0.15, -0.1) is 0 Å². The van der Waals surface area contributed by atoms with Crippen LogP contribution in [-0.4, -0.2) is 6.04 Å². The summed E-state index contributed by atoms with van der Waals surface area (Å²) in [5.41, 5.74) is 0. The summed E-state index contributed by atoms with van der Waals surface area (Å²) in [7, 11) is 0. The second kappa shape index (κ2) is 8.06. The van der Waals surface area contributed by atoms with Gasteiger partial charge < -0.3 is 4.85 Å². The Kier molecular flexibility index (Phi) is 6.40. The molecular weight excluding hydrogens is 242 g/mol. The zero-order chi connectivity index (χ0) is 14.4. The second-order valence-corrected chi connectivity index (χ2v) is 7.61. The molecule has 0 radical (unpaired) electrons. The molecule has 2 fully saturated rings. The van der Waals surface area contributed by atoms with Crippen LogP contribution in [0.2, 0.25) is 0 Å². The van der Waals surface area contributed by atoms with E-state index in [1.165, 1.54) is 70.6 Å². The van der Waals surface area contributed by atoms with Gasteiger partial charge in [0.25, 0.3) is 0 Å². The summed E-state index contributed by atoms with van der Waals surface area (Å²) in [6, 6.07) is 0.359. The molecule has 1 heteroatoms. The molecular formula is C19H33N. The van der Waals surface area contributed by atoms with Gasteiger partial charge >= 0.3 is 0 Å². The fourth-order valence-corrected chi connectivity index (χ4v) is 4.78. The Labute approximate surface area is 126 Å². The van der Waals surface area contributed by atoms with Crippen molar-refractivity contribution in [3.05, 3.63) is 11.4 Å². The van der Waals surface area contributed by atoms with Gasteiger partial charge in [-0.05, 0) is 55.8 Å². The zero-order valence-electron chi connectivity index (χ0n) is 13.6. The van der Waals surface area contributed by atoms with E-state index in [0.717, 1.165) is 23.7 Å². The molecule has 0 aromatic rings. The van der Waals surface area contributed by atoms with E-state index in [4.69, 9.17) is 6.57 Å². The minimum Gasteiger partial charge on any atom is -0.314 e. The first-order chi connectivity index (χ1) is 9.72. The van der Waals surface area contributed by atoms with Crippen LogP contribution >= 0.6 is 0 Å². The van der Waals surface area contributed by atoms with Crippen molar-refractivity contribution < 1.29 is 0 Å². The van der Waals surface area contributed by atoms with Crippen LogP contribution in [0, 0.1) is 30.2 Å². The summed E-state index contributed by atoms with van der Waals surface area (Å²) in [5, 5.41) is 0. The second-order valence-electron chi connectivity index (χ2n) is 7.61. The van der Waals surface area contributed by atoms with Gasteiger partial charge in [0, 0.05) is 12.8 Å². The predicted octanol–water partition coefficient (Wildman–Crippen LogP) is 6.10. The van der Waals surface area contributed by atoms with E-state index in [9.17, 15) is 0 Å². The molecule has 1 nitrogen and oxygen atoms in total. The molecule has 2 saturated carbocycles. The summed E-state index contributed by atoms with van der Waals surface area (Å²) in [5.74, 6) is 3.92. The smallest absolute Gasteiger partial charge is 0.223 e. The summed E-state index contributed by atoms with van der Waals surface area (Å²) in [6.45, 7) is 11.9. The standard InChI is InChI=1S/C19H33N/c1-4-5-15(2)14-16-6-8-17(9-7-16)18-10-12-19(20-3)13-11-18/h15-19H,4-14H2,1-2H3. The van der Waals surface area contributed by atoms with Gasteiger partial charge in [-0.3, -0.25) is 0 Å². The molecule has 0 aromatic heterocycles. The lowest BCUT2D eigenvalue weighted by Gasteiger charge is -2.36. The summed E-state index contributed by atoms with van der Waals surface area (Å²) < 4.78 is 0. The first-order valence-corrected chi connectivity index (χ1v) is 9.09. The Morgan fingerprint density at radius 1 is 0.950 bits per heavy atom. The van der Waals surface area contributed by atoms with Crippen LogP contribution in [0.3, 0.4) is 0 Å². The zero-order valence-corrected chi connectivity index (χ0v) is 13.6. The highest BCUT2D eigenvalue weighted by Crippen LogP contribution is 2.42. The molecule has 0 heterocycles. The van der Waals surface area contributed by atoms with Crippen LogP contribution < -0.4 is 0 Å². The molecule has 2 aliphatic rings. The lowest BCUT2D eigenvalue weighted by atomic mass is 9.69. The van der Waals surface area contributed by atoms with Gasteiger partial charge in [0.15, 0.2) is 0 Å². The number of nitrogens with zero attached hydrogens (tertiary/aromatic N) is 1. The third-order valence-corrected chi connectivity index (χ3v) is 6.00. The molecule has 0 N–H and O–H groups in total. The Bertz CT molecular complexity index is 300. The fourth-order valence-electron chi connectivity index (χ4n) is 4.78. The third-order valence-electron chi connectivity index (χ3n) is 6.00. The van der Waals surface area contributed by atoms with Crippen LogP contribution in [-0.2, 0) is 0 Å². The Morgan fingerprint density at radius 2 is 1.50 bits per heavy atom. The normalized spacial score (nSPS) is 36.2. The van der Waals surface area contributed by atoms with Crippen molar-refractivity contribution in [2.45, 2.75) is 90.5 Å². The van der Waals surface area contributed by atoms with E-state index < -0.39 is 0 Å². The van der Waals surface area contributed by atoms with Gasteiger partial charge in [-0.1, -0.05) is 39.5 Å². The van der Waals surface area contributed by atoms with Crippen molar-refractivity contribution >= 4 is 0 Å². The topological polar surface area (TPSA) is 4.36 Å². The van der Waals surface area contributed by atoms with E-state index in [0.29, 0.717) is 6.04 Å². The SMILES string of the molecule is [C-]#[N+]C1CCC(C2CCC(CC(C)CCC)CC2)CC1. The number of hydrogen-bond acceptors (Lipinski definition) is 0. The Hall–Kier alpha value is -0.510. The monoisotopic (exact) mass is 275 g/mol. The van der Waals surface area contributed by atoms with Crippen molar-refractivity contribution in [2.24, 2.45) is 23.7 Å². The van der Waals surface area contributed by atoms with E-state index >= 15 is 0 Å². The van der Waals surface area contributed by atoms with Crippen molar-refractivity contribution in [1.82, 2.24) is 0 Å². The molecule has 0 amide bonds. The minimum atomic E-state index is 0.359. The maximum atomic E-state index is 7.16.